The van der Waals surface area contributed by atoms with Crippen LogP contribution in [0.3, 0.4) is 0 Å². The topological polar surface area (TPSA) is 16.6 Å². The lowest BCUT2D eigenvalue weighted by molar-refractivity contribution is -0.672. The minimum atomic E-state index is 0.843. The molecule has 0 amide bonds. The first-order chi connectivity index (χ1) is 5.38. The highest BCUT2D eigenvalue weighted by atomic mass is 79.9. The fourth-order valence-electron chi connectivity index (χ4n) is 2.65. The van der Waals surface area contributed by atoms with Gasteiger partial charge in [0.05, 0.1) is 13.1 Å². The van der Waals surface area contributed by atoms with Gasteiger partial charge in [-0.1, -0.05) is 22.4 Å². The van der Waals surface area contributed by atoms with Gasteiger partial charge in [-0.2, -0.15) is 0 Å². The molecule has 1 saturated heterocycles. The van der Waals surface area contributed by atoms with E-state index in [9.17, 15) is 0 Å². The van der Waals surface area contributed by atoms with Crippen LogP contribution >= 0.6 is 15.9 Å². The van der Waals surface area contributed by atoms with Crippen LogP contribution in [0, 0.1) is 11.8 Å². The minimum Gasteiger partial charge on any atom is -0.346 e. The molecule has 2 fully saturated rings. The molecule has 0 unspecified atom stereocenters. The fourth-order valence-corrected chi connectivity index (χ4v) is 3.67. The van der Waals surface area contributed by atoms with Crippen LogP contribution in [0.2, 0.25) is 0 Å². The molecule has 2 N–H and O–H groups in total. The van der Waals surface area contributed by atoms with Gasteiger partial charge in [-0.25, -0.2) is 0 Å². The molecule has 0 aromatic rings. The Morgan fingerprint density at radius 1 is 1.18 bits per heavy atom. The summed E-state index contributed by atoms with van der Waals surface area (Å²) < 4.78 is 0. The van der Waals surface area contributed by atoms with E-state index in [0.29, 0.717) is 0 Å². The zero-order valence-electron chi connectivity index (χ0n) is 6.93. The summed E-state index contributed by atoms with van der Waals surface area (Å²) in [4.78, 5) is 0.843. The van der Waals surface area contributed by atoms with Gasteiger partial charge in [0, 0.05) is 17.2 Å². The van der Waals surface area contributed by atoms with Crippen LogP contribution in [0.4, 0.5) is 0 Å². The maximum absolute atomic E-state index is 3.82. The molecule has 2 heteroatoms. The van der Waals surface area contributed by atoms with Crippen molar-refractivity contribution in [1.29, 1.82) is 0 Å². The number of alkyl halides is 1. The van der Waals surface area contributed by atoms with E-state index in [0.717, 1.165) is 16.7 Å². The molecule has 64 valence electrons. The average Bonchev–Trinajstić information content (AvgIpc) is 2.06. The van der Waals surface area contributed by atoms with E-state index in [2.05, 4.69) is 21.2 Å². The van der Waals surface area contributed by atoms with Crippen molar-refractivity contribution < 1.29 is 5.32 Å². The molecule has 2 rings (SSSR count). The molecule has 0 aromatic carbocycles. The normalized spacial score (nSPS) is 45.0. The van der Waals surface area contributed by atoms with Crippen LogP contribution < -0.4 is 5.32 Å². The average molecular weight is 219 g/mol. The molecule has 1 heterocycles. The summed E-state index contributed by atoms with van der Waals surface area (Å²) in [7, 11) is 0. The molecule has 1 aliphatic carbocycles. The van der Waals surface area contributed by atoms with Crippen LogP contribution in [-0.4, -0.2) is 17.9 Å². The lowest BCUT2D eigenvalue weighted by Crippen LogP contribution is -2.88. The molecule has 11 heavy (non-hydrogen) atoms. The Labute approximate surface area is 77.1 Å². The highest BCUT2D eigenvalue weighted by molar-refractivity contribution is 9.09. The number of rotatable bonds is 0. The maximum atomic E-state index is 3.82. The quantitative estimate of drug-likeness (QED) is 0.588. The predicted molar refractivity (Wildman–Crippen MR) is 49.8 cm³/mol. The van der Waals surface area contributed by atoms with E-state index < -0.39 is 0 Å². The van der Waals surface area contributed by atoms with E-state index in [1.807, 2.05) is 0 Å². The molecule has 0 aromatic heterocycles. The Morgan fingerprint density at radius 2 is 2.09 bits per heavy atom. The van der Waals surface area contributed by atoms with E-state index >= 15 is 0 Å². The summed E-state index contributed by atoms with van der Waals surface area (Å²) >= 11 is 3.82. The number of quaternary nitrogens is 1. The number of nitrogens with two attached hydrogens (primary N) is 1. The third-order valence-electron chi connectivity index (χ3n) is 3.30. The molecule has 0 radical (unpaired) electrons. The lowest BCUT2D eigenvalue weighted by Gasteiger charge is -2.37. The first kappa shape index (κ1) is 8.06. The second-order valence-electron chi connectivity index (χ2n) is 3.97. The van der Waals surface area contributed by atoms with Crippen molar-refractivity contribution in [2.45, 2.75) is 30.5 Å². The molecular weight excluding hydrogens is 202 g/mol. The number of hydrogen-bond acceptors (Lipinski definition) is 0. The third kappa shape index (κ3) is 1.62. The predicted octanol–water partition coefficient (Wildman–Crippen LogP) is 1.13. The molecule has 1 saturated carbocycles. The summed E-state index contributed by atoms with van der Waals surface area (Å²) in [6.07, 6.45) is 5.80. The van der Waals surface area contributed by atoms with Gasteiger partial charge in [0.25, 0.3) is 0 Å². The molecule has 1 nitrogen and oxygen atoms in total. The fraction of sp³-hybridized carbons (Fsp3) is 1.00. The standard InChI is InChI=1S/C9H16BrN/c10-9-3-1-2-7-6-11-5-4-8(7)9/h7-9,11H,1-6H2/p+1/t7-,8-,9-/m1/s1. The highest BCUT2D eigenvalue weighted by Gasteiger charge is 2.35. The number of fused-ring (bicyclic) bond motifs is 1. The zero-order valence-corrected chi connectivity index (χ0v) is 8.52. The monoisotopic (exact) mass is 218 g/mol. The summed E-state index contributed by atoms with van der Waals surface area (Å²) in [5, 5.41) is 2.49. The Morgan fingerprint density at radius 3 is 2.91 bits per heavy atom. The molecule has 1 aliphatic heterocycles. The Bertz CT molecular complexity index is 136. The van der Waals surface area contributed by atoms with Crippen LogP contribution in [0.15, 0.2) is 0 Å². The molecular formula is C9H17BrN+. The highest BCUT2D eigenvalue weighted by Crippen LogP contribution is 2.36. The smallest absolute Gasteiger partial charge is 0.0787 e. The van der Waals surface area contributed by atoms with Crippen molar-refractivity contribution in [2.24, 2.45) is 11.8 Å². The SMILES string of the molecule is Br[C@@H]1CCC[C@@H]2C[NH2+]CC[C@H]21. The Kier molecular flexibility index (Phi) is 2.52. The second kappa shape index (κ2) is 3.44. The first-order valence-electron chi connectivity index (χ1n) is 4.83. The second-order valence-corrected chi connectivity index (χ2v) is 5.15. The minimum absolute atomic E-state index is 0.843. The van der Waals surface area contributed by atoms with Crippen LogP contribution in [-0.2, 0) is 0 Å². The number of halogens is 1. The van der Waals surface area contributed by atoms with Crippen molar-refractivity contribution in [1.82, 2.24) is 0 Å². The van der Waals surface area contributed by atoms with Gasteiger partial charge in [-0.05, 0) is 18.8 Å². The van der Waals surface area contributed by atoms with Crippen molar-refractivity contribution in [3.63, 3.8) is 0 Å². The van der Waals surface area contributed by atoms with Crippen LogP contribution in [0.1, 0.15) is 25.7 Å². The van der Waals surface area contributed by atoms with Gasteiger partial charge < -0.3 is 5.32 Å². The molecule has 2 aliphatic rings. The molecule has 0 bridgehead atoms. The van der Waals surface area contributed by atoms with Crippen molar-refractivity contribution >= 4 is 15.9 Å². The van der Waals surface area contributed by atoms with Gasteiger partial charge in [-0.15, -0.1) is 0 Å². The van der Waals surface area contributed by atoms with Crippen molar-refractivity contribution in [3.8, 4) is 0 Å². The van der Waals surface area contributed by atoms with E-state index in [1.165, 1.54) is 38.8 Å². The summed E-state index contributed by atoms with van der Waals surface area (Å²) in [6.45, 7) is 2.76. The van der Waals surface area contributed by atoms with Crippen molar-refractivity contribution in [3.05, 3.63) is 0 Å². The maximum Gasteiger partial charge on any atom is 0.0787 e. The van der Waals surface area contributed by atoms with Crippen LogP contribution in [0.5, 0.6) is 0 Å². The lowest BCUT2D eigenvalue weighted by atomic mass is 9.75. The van der Waals surface area contributed by atoms with Gasteiger partial charge in [-0.3, -0.25) is 0 Å². The van der Waals surface area contributed by atoms with Crippen molar-refractivity contribution in [2.75, 3.05) is 13.1 Å². The van der Waals surface area contributed by atoms with Gasteiger partial charge in [0.15, 0.2) is 0 Å². The molecule has 0 spiro atoms. The summed E-state index contributed by atoms with van der Waals surface area (Å²) in [6, 6.07) is 0. The zero-order chi connectivity index (χ0) is 7.68. The first-order valence-corrected chi connectivity index (χ1v) is 5.75. The van der Waals surface area contributed by atoms with Crippen LogP contribution in [0.25, 0.3) is 0 Å². The number of hydrogen-bond donors (Lipinski definition) is 1. The van der Waals surface area contributed by atoms with E-state index in [4.69, 9.17) is 0 Å². The molecule has 3 atom stereocenters. The van der Waals surface area contributed by atoms with E-state index in [-0.39, 0.29) is 0 Å². The Hall–Kier alpha value is 0.440. The number of piperidine rings is 1. The van der Waals surface area contributed by atoms with E-state index in [1.54, 1.807) is 0 Å². The summed E-state index contributed by atoms with van der Waals surface area (Å²) in [5.41, 5.74) is 0. The third-order valence-corrected chi connectivity index (χ3v) is 4.44. The van der Waals surface area contributed by atoms with Gasteiger partial charge >= 0.3 is 0 Å². The van der Waals surface area contributed by atoms with Gasteiger partial charge in [0.2, 0.25) is 0 Å². The largest absolute Gasteiger partial charge is 0.346 e. The summed E-state index contributed by atoms with van der Waals surface area (Å²) in [5.74, 6) is 2.04. The van der Waals surface area contributed by atoms with Gasteiger partial charge in [0.1, 0.15) is 0 Å². The Balaban J connectivity index is 1.99.